The van der Waals surface area contributed by atoms with Gasteiger partial charge in [-0.05, 0) is 19.9 Å². The third-order valence-electron chi connectivity index (χ3n) is 2.87. The molecule has 0 aliphatic rings. The molecule has 0 atom stereocenters. The van der Waals surface area contributed by atoms with Crippen molar-refractivity contribution < 1.29 is 0 Å². The molecule has 3 heterocycles. The zero-order valence-electron chi connectivity index (χ0n) is 11.7. The van der Waals surface area contributed by atoms with E-state index >= 15 is 0 Å². The second-order valence-electron chi connectivity index (χ2n) is 4.53. The van der Waals surface area contributed by atoms with E-state index in [-0.39, 0.29) is 4.87 Å². The van der Waals surface area contributed by atoms with E-state index in [9.17, 15) is 4.79 Å². The molecule has 0 saturated carbocycles. The van der Waals surface area contributed by atoms with Crippen LogP contribution in [-0.4, -0.2) is 21.5 Å². The van der Waals surface area contributed by atoms with Crippen molar-refractivity contribution >= 4 is 44.7 Å². The van der Waals surface area contributed by atoms with Crippen molar-refractivity contribution in [2.45, 2.75) is 20.4 Å². The lowest BCUT2D eigenvalue weighted by Crippen LogP contribution is -2.07. The van der Waals surface area contributed by atoms with Crippen LogP contribution in [0.25, 0.3) is 10.2 Å². The maximum Gasteiger partial charge on any atom is 0.304 e. The quantitative estimate of drug-likeness (QED) is 0.673. The monoisotopic (exact) mass is 321 g/mol. The molecule has 3 aromatic rings. The van der Waals surface area contributed by atoms with Gasteiger partial charge in [0.25, 0.3) is 0 Å². The van der Waals surface area contributed by atoms with Crippen LogP contribution in [0.1, 0.15) is 17.5 Å². The van der Waals surface area contributed by atoms with Crippen molar-refractivity contribution in [1.82, 2.24) is 15.0 Å². The summed E-state index contributed by atoms with van der Waals surface area (Å²) in [5.74, 6) is 1.40. The SMILES string of the molecule is CCNc1nc(NCc2csc(=O)[nH]2)c2cc(C)sc2n1. The molecule has 110 valence electrons. The molecule has 0 bridgehead atoms. The minimum absolute atomic E-state index is 0.0423. The molecule has 6 nitrogen and oxygen atoms in total. The summed E-state index contributed by atoms with van der Waals surface area (Å²) in [5, 5.41) is 9.25. The molecule has 0 spiro atoms. The Hall–Kier alpha value is -1.93. The number of thiazole rings is 1. The summed E-state index contributed by atoms with van der Waals surface area (Å²) in [6.45, 7) is 5.37. The van der Waals surface area contributed by atoms with Gasteiger partial charge in [-0.1, -0.05) is 11.3 Å². The Labute approximate surface area is 129 Å². The predicted molar refractivity (Wildman–Crippen MR) is 88.6 cm³/mol. The summed E-state index contributed by atoms with van der Waals surface area (Å²) in [7, 11) is 0. The lowest BCUT2D eigenvalue weighted by Gasteiger charge is -2.08. The lowest BCUT2D eigenvalue weighted by molar-refractivity contribution is 1.03. The number of thiophene rings is 1. The second-order valence-corrected chi connectivity index (χ2v) is 6.61. The van der Waals surface area contributed by atoms with Gasteiger partial charge in [0.05, 0.1) is 11.9 Å². The van der Waals surface area contributed by atoms with Crippen molar-refractivity contribution in [3.8, 4) is 0 Å². The smallest absolute Gasteiger partial charge is 0.304 e. The molecule has 0 aliphatic carbocycles. The molecule has 0 fully saturated rings. The Morgan fingerprint density at radius 1 is 1.33 bits per heavy atom. The van der Waals surface area contributed by atoms with E-state index < -0.39 is 0 Å². The Balaban J connectivity index is 1.93. The number of H-pyrrole nitrogens is 1. The van der Waals surface area contributed by atoms with E-state index in [2.05, 4.69) is 38.6 Å². The first kappa shape index (κ1) is 14.0. The highest BCUT2D eigenvalue weighted by Crippen LogP contribution is 2.29. The zero-order valence-corrected chi connectivity index (χ0v) is 13.3. The van der Waals surface area contributed by atoms with Gasteiger partial charge in [0.1, 0.15) is 10.6 Å². The number of hydrogen-bond donors (Lipinski definition) is 3. The van der Waals surface area contributed by atoms with Crippen LogP contribution in [0.2, 0.25) is 0 Å². The predicted octanol–water partition coefficient (Wildman–Crippen LogP) is 2.79. The maximum atomic E-state index is 11.2. The minimum Gasteiger partial charge on any atom is -0.364 e. The zero-order chi connectivity index (χ0) is 14.8. The fourth-order valence-corrected chi connectivity index (χ4v) is 3.45. The lowest BCUT2D eigenvalue weighted by atomic mass is 10.3. The number of hydrogen-bond acceptors (Lipinski definition) is 7. The van der Waals surface area contributed by atoms with Gasteiger partial charge in [-0.3, -0.25) is 4.79 Å². The van der Waals surface area contributed by atoms with Crippen LogP contribution in [0.15, 0.2) is 16.2 Å². The van der Waals surface area contributed by atoms with Gasteiger partial charge in [-0.25, -0.2) is 4.98 Å². The van der Waals surface area contributed by atoms with Crippen molar-refractivity contribution in [2.75, 3.05) is 17.2 Å². The maximum absolute atomic E-state index is 11.2. The van der Waals surface area contributed by atoms with Crippen molar-refractivity contribution in [3.05, 3.63) is 31.7 Å². The summed E-state index contributed by atoms with van der Waals surface area (Å²) in [5.41, 5.74) is 0.855. The normalized spacial score (nSPS) is 11.0. The molecule has 0 aliphatic heterocycles. The van der Waals surface area contributed by atoms with Crippen LogP contribution in [0.3, 0.4) is 0 Å². The van der Waals surface area contributed by atoms with E-state index in [0.717, 1.165) is 39.6 Å². The fraction of sp³-hybridized carbons (Fsp3) is 0.308. The Kier molecular flexibility index (Phi) is 3.89. The molecule has 0 saturated heterocycles. The summed E-state index contributed by atoms with van der Waals surface area (Å²) < 4.78 is 0. The molecule has 0 unspecified atom stereocenters. The highest BCUT2D eigenvalue weighted by molar-refractivity contribution is 7.18. The standard InChI is InChI=1S/C13H15N5OS2/c1-3-14-12-17-10(9-4-7(2)21-11(9)18-12)15-5-8-6-20-13(19)16-8/h4,6H,3,5H2,1-2H3,(H,16,19)(H2,14,15,17,18). The summed E-state index contributed by atoms with van der Waals surface area (Å²) in [4.78, 5) is 25.1. The number of fused-ring (bicyclic) bond motifs is 1. The van der Waals surface area contributed by atoms with Crippen LogP contribution < -0.4 is 15.5 Å². The first-order valence-electron chi connectivity index (χ1n) is 6.58. The largest absolute Gasteiger partial charge is 0.364 e. The number of anilines is 2. The second kappa shape index (κ2) is 5.82. The number of rotatable bonds is 5. The van der Waals surface area contributed by atoms with Crippen LogP contribution >= 0.6 is 22.7 Å². The van der Waals surface area contributed by atoms with Gasteiger partial charge in [0.15, 0.2) is 0 Å². The topological polar surface area (TPSA) is 82.7 Å². The number of aromatic amines is 1. The fourth-order valence-electron chi connectivity index (χ4n) is 1.99. The highest BCUT2D eigenvalue weighted by atomic mass is 32.1. The number of aryl methyl sites for hydroxylation is 1. The van der Waals surface area contributed by atoms with Gasteiger partial charge < -0.3 is 15.6 Å². The Bertz CT molecular complexity index is 819. The van der Waals surface area contributed by atoms with Gasteiger partial charge in [0, 0.05) is 22.5 Å². The Morgan fingerprint density at radius 2 is 2.19 bits per heavy atom. The molecule has 3 rings (SSSR count). The van der Waals surface area contributed by atoms with Gasteiger partial charge in [-0.15, -0.1) is 11.3 Å². The number of aromatic nitrogens is 3. The van der Waals surface area contributed by atoms with E-state index in [0.29, 0.717) is 12.5 Å². The minimum atomic E-state index is -0.0423. The average Bonchev–Trinajstić information content (AvgIpc) is 3.01. The third-order valence-corrected chi connectivity index (χ3v) is 4.53. The molecule has 0 aromatic carbocycles. The molecule has 0 radical (unpaired) electrons. The van der Waals surface area contributed by atoms with Crippen LogP contribution in [0.5, 0.6) is 0 Å². The summed E-state index contributed by atoms with van der Waals surface area (Å²) in [6, 6.07) is 2.08. The molecule has 3 N–H and O–H groups in total. The first-order chi connectivity index (χ1) is 10.2. The highest BCUT2D eigenvalue weighted by Gasteiger charge is 2.10. The van der Waals surface area contributed by atoms with E-state index in [4.69, 9.17) is 0 Å². The molecule has 3 aromatic heterocycles. The first-order valence-corrected chi connectivity index (χ1v) is 8.28. The molecular formula is C13H15N5OS2. The van der Waals surface area contributed by atoms with Crippen LogP contribution in [0.4, 0.5) is 11.8 Å². The summed E-state index contributed by atoms with van der Waals surface area (Å²) in [6.07, 6.45) is 0. The van der Waals surface area contributed by atoms with Gasteiger partial charge in [-0.2, -0.15) is 4.98 Å². The molecule has 8 heteroatoms. The Morgan fingerprint density at radius 3 is 2.90 bits per heavy atom. The molecule has 21 heavy (non-hydrogen) atoms. The number of nitrogens with one attached hydrogen (secondary N) is 3. The van der Waals surface area contributed by atoms with Crippen molar-refractivity contribution in [1.29, 1.82) is 0 Å². The molecular weight excluding hydrogens is 306 g/mol. The van der Waals surface area contributed by atoms with Crippen LogP contribution in [-0.2, 0) is 6.54 Å². The average molecular weight is 321 g/mol. The summed E-state index contributed by atoms with van der Waals surface area (Å²) >= 11 is 2.81. The number of nitrogens with zero attached hydrogens (tertiary/aromatic N) is 2. The van der Waals surface area contributed by atoms with E-state index in [1.54, 1.807) is 11.3 Å². The van der Waals surface area contributed by atoms with Gasteiger partial charge in [0.2, 0.25) is 5.95 Å². The third kappa shape index (κ3) is 3.06. The van der Waals surface area contributed by atoms with E-state index in [1.807, 2.05) is 12.3 Å². The van der Waals surface area contributed by atoms with E-state index in [1.165, 1.54) is 4.88 Å². The molecule has 0 amide bonds. The van der Waals surface area contributed by atoms with Gasteiger partial charge >= 0.3 is 4.87 Å². The van der Waals surface area contributed by atoms with Crippen LogP contribution in [0, 0.1) is 6.92 Å². The van der Waals surface area contributed by atoms with Crippen molar-refractivity contribution in [3.63, 3.8) is 0 Å². The van der Waals surface area contributed by atoms with Crippen molar-refractivity contribution in [2.24, 2.45) is 0 Å².